The highest BCUT2D eigenvalue weighted by Gasteiger charge is 2.18. The highest BCUT2D eigenvalue weighted by molar-refractivity contribution is 7.89. The first-order chi connectivity index (χ1) is 9.92. The molecular formula is C15H20N2O2S2. The molecule has 0 radical (unpaired) electrons. The molecule has 1 aromatic heterocycles. The summed E-state index contributed by atoms with van der Waals surface area (Å²) in [7, 11) is -3.54. The van der Waals surface area contributed by atoms with Gasteiger partial charge in [-0.1, -0.05) is 13.0 Å². The molecule has 0 bridgehead atoms. The minimum absolute atomic E-state index is 0.170. The van der Waals surface area contributed by atoms with Crippen LogP contribution in [0.25, 0.3) is 0 Å². The summed E-state index contributed by atoms with van der Waals surface area (Å²) in [6.45, 7) is 3.85. The molecule has 2 aromatic rings. The van der Waals surface area contributed by atoms with E-state index in [9.17, 15) is 8.42 Å². The van der Waals surface area contributed by atoms with E-state index < -0.39 is 10.0 Å². The van der Waals surface area contributed by atoms with Crippen LogP contribution in [-0.2, 0) is 22.9 Å². The van der Waals surface area contributed by atoms with Gasteiger partial charge in [-0.05, 0) is 59.9 Å². The largest absolute Gasteiger partial charge is 0.398 e. The number of sulfonamides is 1. The molecule has 1 atom stereocenters. The van der Waals surface area contributed by atoms with Crippen LogP contribution in [0.2, 0.25) is 0 Å². The molecule has 1 unspecified atom stereocenters. The molecule has 4 nitrogen and oxygen atoms in total. The Morgan fingerprint density at radius 2 is 2.10 bits per heavy atom. The van der Waals surface area contributed by atoms with Gasteiger partial charge in [0.15, 0.2) is 0 Å². The molecule has 0 aliphatic carbocycles. The monoisotopic (exact) mass is 324 g/mol. The van der Waals surface area contributed by atoms with Crippen LogP contribution in [0.15, 0.2) is 39.9 Å². The van der Waals surface area contributed by atoms with E-state index in [1.54, 1.807) is 23.5 Å². The number of anilines is 1. The number of thiophene rings is 1. The molecular weight excluding hydrogens is 304 g/mol. The third-order valence-corrected chi connectivity index (χ3v) is 5.61. The molecule has 0 saturated carbocycles. The molecule has 2 rings (SSSR count). The minimum atomic E-state index is -3.54. The molecule has 0 aliphatic rings. The number of nitrogens with two attached hydrogens (primary N) is 1. The normalized spacial score (nSPS) is 13.2. The quantitative estimate of drug-likeness (QED) is 0.803. The van der Waals surface area contributed by atoms with Crippen molar-refractivity contribution in [3.8, 4) is 0 Å². The summed E-state index contributed by atoms with van der Waals surface area (Å²) < 4.78 is 27.4. The summed E-state index contributed by atoms with van der Waals surface area (Å²) in [5.74, 6) is 0. The Balaban J connectivity index is 2.12. The Morgan fingerprint density at radius 3 is 2.67 bits per heavy atom. The Kier molecular flexibility index (Phi) is 5.03. The van der Waals surface area contributed by atoms with Crippen molar-refractivity contribution in [1.82, 2.24) is 4.72 Å². The van der Waals surface area contributed by atoms with Crippen LogP contribution in [-0.4, -0.2) is 14.5 Å². The standard InChI is InChI=1S/C15H20N2O2S2/c1-3-13-4-5-14(9-15(13)16)21(18,19)17-11(2)8-12-6-7-20-10-12/h4-7,9-11,17H,3,8,16H2,1-2H3. The molecule has 1 heterocycles. The molecule has 1 aromatic carbocycles. The number of nitrogens with one attached hydrogen (secondary N) is 1. The van der Waals surface area contributed by atoms with Crippen molar-refractivity contribution in [3.05, 3.63) is 46.2 Å². The average Bonchev–Trinajstić information content (AvgIpc) is 2.90. The van der Waals surface area contributed by atoms with Gasteiger partial charge in [-0.15, -0.1) is 0 Å². The van der Waals surface area contributed by atoms with E-state index in [-0.39, 0.29) is 10.9 Å². The Labute approximate surface area is 130 Å². The lowest BCUT2D eigenvalue weighted by Crippen LogP contribution is -2.34. The topological polar surface area (TPSA) is 72.2 Å². The van der Waals surface area contributed by atoms with Crippen molar-refractivity contribution in [2.75, 3.05) is 5.73 Å². The lowest BCUT2D eigenvalue weighted by atomic mass is 10.1. The van der Waals surface area contributed by atoms with E-state index in [2.05, 4.69) is 4.72 Å². The van der Waals surface area contributed by atoms with Crippen LogP contribution in [0.3, 0.4) is 0 Å². The van der Waals surface area contributed by atoms with E-state index in [0.717, 1.165) is 17.5 Å². The number of benzene rings is 1. The molecule has 21 heavy (non-hydrogen) atoms. The Hall–Kier alpha value is -1.37. The first-order valence-electron chi connectivity index (χ1n) is 6.84. The van der Waals surface area contributed by atoms with Gasteiger partial charge in [0.25, 0.3) is 0 Å². The summed E-state index contributed by atoms with van der Waals surface area (Å²) >= 11 is 1.61. The van der Waals surface area contributed by atoms with Gasteiger partial charge in [-0.2, -0.15) is 11.3 Å². The fraction of sp³-hybridized carbons (Fsp3) is 0.333. The summed E-state index contributed by atoms with van der Waals surface area (Å²) in [5, 5.41) is 4.01. The SMILES string of the molecule is CCc1ccc(S(=O)(=O)NC(C)Cc2ccsc2)cc1N. The predicted octanol–water partition coefficient (Wildman–Crippen LogP) is 2.80. The highest BCUT2D eigenvalue weighted by Crippen LogP contribution is 2.19. The van der Waals surface area contributed by atoms with Gasteiger partial charge in [-0.25, -0.2) is 13.1 Å². The van der Waals surface area contributed by atoms with Gasteiger partial charge in [0, 0.05) is 11.7 Å². The zero-order valence-electron chi connectivity index (χ0n) is 12.2. The molecule has 114 valence electrons. The van der Waals surface area contributed by atoms with Crippen molar-refractivity contribution in [2.24, 2.45) is 0 Å². The summed E-state index contributed by atoms with van der Waals surface area (Å²) in [6, 6.07) is 6.74. The predicted molar refractivity (Wildman–Crippen MR) is 88.0 cm³/mol. The zero-order valence-corrected chi connectivity index (χ0v) is 13.8. The Morgan fingerprint density at radius 1 is 1.33 bits per heavy atom. The number of aryl methyl sites for hydroxylation is 1. The molecule has 3 N–H and O–H groups in total. The van der Waals surface area contributed by atoms with Crippen LogP contribution in [0.4, 0.5) is 5.69 Å². The van der Waals surface area contributed by atoms with Crippen LogP contribution in [0.1, 0.15) is 25.0 Å². The van der Waals surface area contributed by atoms with Gasteiger partial charge in [0.1, 0.15) is 0 Å². The van der Waals surface area contributed by atoms with Gasteiger partial charge < -0.3 is 5.73 Å². The molecule has 6 heteroatoms. The van der Waals surface area contributed by atoms with Crippen LogP contribution in [0, 0.1) is 0 Å². The first kappa shape index (κ1) is 16.0. The molecule has 0 saturated heterocycles. The molecule has 0 fully saturated rings. The second kappa shape index (κ2) is 6.60. The summed E-state index contributed by atoms with van der Waals surface area (Å²) in [6.07, 6.45) is 1.46. The van der Waals surface area contributed by atoms with Crippen LogP contribution >= 0.6 is 11.3 Å². The maximum atomic E-state index is 12.4. The summed E-state index contributed by atoms with van der Waals surface area (Å²) in [5.41, 5.74) is 8.49. The van der Waals surface area contributed by atoms with E-state index in [1.807, 2.05) is 30.7 Å². The van der Waals surface area contributed by atoms with Crippen molar-refractivity contribution >= 4 is 27.0 Å². The number of rotatable bonds is 6. The highest BCUT2D eigenvalue weighted by atomic mass is 32.2. The maximum absolute atomic E-state index is 12.4. The van der Waals surface area contributed by atoms with E-state index in [1.165, 1.54) is 6.07 Å². The smallest absolute Gasteiger partial charge is 0.240 e. The van der Waals surface area contributed by atoms with Gasteiger partial charge in [0.05, 0.1) is 4.90 Å². The lowest BCUT2D eigenvalue weighted by Gasteiger charge is -2.14. The number of hydrogen-bond donors (Lipinski definition) is 2. The van der Waals surface area contributed by atoms with E-state index in [0.29, 0.717) is 12.1 Å². The first-order valence-corrected chi connectivity index (χ1v) is 9.26. The van der Waals surface area contributed by atoms with E-state index >= 15 is 0 Å². The zero-order chi connectivity index (χ0) is 15.5. The van der Waals surface area contributed by atoms with E-state index in [4.69, 9.17) is 5.73 Å². The maximum Gasteiger partial charge on any atom is 0.240 e. The van der Waals surface area contributed by atoms with Crippen LogP contribution in [0.5, 0.6) is 0 Å². The second-order valence-electron chi connectivity index (χ2n) is 5.07. The summed E-state index contributed by atoms with van der Waals surface area (Å²) in [4.78, 5) is 0.217. The minimum Gasteiger partial charge on any atom is -0.398 e. The van der Waals surface area contributed by atoms with Crippen molar-refractivity contribution in [1.29, 1.82) is 0 Å². The number of nitrogen functional groups attached to an aromatic ring is 1. The second-order valence-corrected chi connectivity index (χ2v) is 7.57. The lowest BCUT2D eigenvalue weighted by molar-refractivity contribution is 0.560. The van der Waals surface area contributed by atoms with Crippen molar-refractivity contribution in [3.63, 3.8) is 0 Å². The van der Waals surface area contributed by atoms with Crippen molar-refractivity contribution < 1.29 is 8.42 Å². The fourth-order valence-electron chi connectivity index (χ4n) is 2.20. The fourth-order valence-corrected chi connectivity index (χ4v) is 4.16. The van der Waals surface area contributed by atoms with Gasteiger partial charge in [0.2, 0.25) is 10.0 Å². The Bertz CT molecular complexity index is 694. The molecule has 0 amide bonds. The van der Waals surface area contributed by atoms with Gasteiger partial charge >= 0.3 is 0 Å². The average molecular weight is 324 g/mol. The molecule has 0 spiro atoms. The van der Waals surface area contributed by atoms with Crippen LogP contribution < -0.4 is 10.5 Å². The third-order valence-electron chi connectivity index (χ3n) is 3.29. The number of hydrogen-bond acceptors (Lipinski definition) is 4. The van der Waals surface area contributed by atoms with Gasteiger partial charge in [-0.3, -0.25) is 0 Å². The third kappa shape index (κ3) is 4.06. The molecule has 0 aliphatic heterocycles. The van der Waals surface area contributed by atoms with Crippen molar-refractivity contribution in [2.45, 2.75) is 37.6 Å².